The van der Waals surface area contributed by atoms with Crippen LogP contribution in [0.5, 0.6) is 0 Å². The number of hydrogen-bond acceptors (Lipinski definition) is 6. The second-order valence-electron chi connectivity index (χ2n) is 8.38. The Morgan fingerprint density at radius 1 is 1.08 bits per heavy atom. The highest BCUT2D eigenvalue weighted by Crippen LogP contribution is 2.29. The second kappa shape index (κ2) is 9.73. The van der Waals surface area contributed by atoms with Gasteiger partial charge in [-0.05, 0) is 36.2 Å². The van der Waals surface area contributed by atoms with Crippen LogP contribution in [-0.2, 0) is 10.0 Å². The van der Waals surface area contributed by atoms with Crippen LogP contribution in [0.15, 0.2) is 90.5 Å². The summed E-state index contributed by atoms with van der Waals surface area (Å²) in [6.07, 6.45) is 6.89. The fourth-order valence-corrected chi connectivity index (χ4v) is 5.47. The van der Waals surface area contributed by atoms with Gasteiger partial charge in [-0.2, -0.15) is 10.4 Å². The van der Waals surface area contributed by atoms with Crippen LogP contribution in [0.3, 0.4) is 0 Å². The average Bonchev–Trinajstić information content (AvgIpc) is 3.57. The van der Waals surface area contributed by atoms with Crippen molar-refractivity contribution in [1.29, 1.82) is 5.26 Å². The smallest absolute Gasteiger partial charge is 0.241 e. The molecular weight excluding hydrogens is 474 g/mol. The zero-order valence-electron chi connectivity index (χ0n) is 19.4. The zero-order valence-corrected chi connectivity index (χ0v) is 20.2. The Morgan fingerprint density at radius 2 is 1.89 bits per heavy atom. The largest absolute Gasteiger partial charge is 0.346 e. The molecule has 0 aliphatic rings. The van der Waals surface area contributed by atoms with E-state index >= 15 is 0 Å². The minimum absolute atomic E-state index is 0.113. The SMILES string of the molecule is CC(NS(=O)(=O)c1cccc(C(CC#N)n2cc(-c3ncnc4[nH]ccc34)cn2)c1)c1ccccc1. The average molecular weight is 498 g/mol. The van der Waals surface area contributed by atoms with Gasteiger partial charge in [0.05, 0.1) is 35.3 Å². The van der Waals surface area contributed by atoms with Crippen LogP contribution in [0.2, 0.25) is 0 Å². The van der Waals surface area contributed by atoms with Gasteiger partial charge in [-0.15, -0.1) is 0 Å². The normalized spacial score (nSPS) is 13.3. The number of rotatable bonds is 8. The number of aromatic nitrogens is 5. The molecule has 0 spiro atoms. The summed E-state index contributed by atoms with van der Waals surface area (Å²) in [6, 6.07) is 19.2. The minimum atomic E-state index is -3.80. The van der Waals surface area contributed by atoms with Gasteiger partial charge >= 0.3 is 0 Å². The number of nitrogens with one attached hydrogen (secondary N) is 2. The van der Waals surface area contributed by atoms with Gasteiger partial charge in [0.25, 0.3) is 0 Å². The maximum absolute atomic E-state index is 13.2. The highest BCUT2D eigenvalue weighted by Gasteiger charge is 2.22. The first-order chi connectivity index (χ1) is 17.5. The van der Waals surface area contributed by atoms with Crippen molar-refractivity contribution in [3.8, 4) is 17.3 Å². The molecule has 0 radical (unpaired) electrons. The Labute approximate surface area is 208 Å². The third kappa shape index (κ3) is 4.62. The van der Waals surface area contributed by atoms with E-state index in [9.17, 15) is 13.7 Å². The van der Waals surface area contributed by atoms with Gasteiger partial charge in [-0.1, -0.05) is 42.5 Å². The molecule has 2 N–H and O–H groups in total. The predicted molar refractivity (Wildman–Crippen MR) is 135 cm³/mol. The number of H-pyrrole nitrogens is 1. The van der Waals surface area contributed by atoms with E-state index in [-0.39, 0.29) is 11.3 Å². The third-order valence-electron chi connectivity index (χ3n) is 6.02. The molecule has 10 heteroatoms. The minimum Gasteiger partial charge on any atom is -0.346 e. The van der Waals surface area contributed by atoms with E-state index in [2.05, 4.69) is 30.8 Å². The van der Waals surface area contributed by atoms with Gasteiger partial charge in [0, 0.05) is 29.4 Å². The molecule has 3 heterocycles. The number of aromatic amines is 1. The molecule has 0 aliphatic heterocycles. The molecule has 0 amide bonds. The Bertz CT molecular complexity index is 1650. The lowest BCUT2D eigenvalue weighted by Gasteiger charge is -2.18. The summed E-state index contributed by atoms with van der Waals surface area (Å²) < 4.78 is 30.7. The van der Waals surface area contributed by atoms with Crippen molar-refractivity contribution >= 4 is 21.1 Å². The van der Waals surface area contributed by atoms with Crippen LogP contribution in [0.4, 0.5) is 0 Å². The maximum Gasteiger partial charge on any atom is 0.241 e. The van der Waals surface area contributed by atoms with Crippen molar-refractivity contribution in [2.45, 2.75) is 30.3 Å². The molecule has 2 unspecified atom stereocenters. The van der Waals surface area contributed by atoms with Crippen molar-refractivity contribution in [2.75, 3.05) is 0 Å². The summed E-state index contributed by atoms with van der Waals surface area (Å²) in [5.74, 6) is 0. The topological polar surface area (TPSA) is 129 Å². The van der Waals surface area contributed by atoms with E-state index in [1.54, 1.807) is 48.3 Å². The van der Waals surface area contributed by atoms with Crippen molar-refractivity contribution in [1.82, 2.24) is 29.5 Å². The molecule has 9 nitrogen and oxygen atoms in total. The molecule has 3 aromatic heterocycles. The van der Waals surface area contributed by atoms with Crippen LogP contribution < -0.4 is 4.72 Å². The van der Waals surface area contributed by atoms with Crippen LogP contribution >= 0.6 is 0 Å². The van der Waals surface area contributed by atoms with E-state index in [1.807, 2.05) is 42.6 Å². The monoisotopic (exact) mass is 497 g/mol. The third-order valence-corrected chi connectivity index (χ3v) is 7.56. The Kier molecular flexibility index (Phi) is 6.33. The van der Waals surface area contributed by atoms with Crippen LogP contribution in [0.25, 0.3) is 22.3 Å². The number of sulfonamides is 1. The standard InChI is InChI=1S/C26H23N7O2S/c1-18(19-6-3-2-4-7-19)32-36(34,35)22-9-5-8-20(14-22)24(10-12-27)33-16-21(15-31-33)25-23-11-13-28-26(23)30-17-29-25/h2-9,11,13-18,24,32H,10H2,1H3,(H,28,29,30). The predicted octanol–water partition coefficient (Wildman–Crippen LogP) is 4.36. The fraction of sp³-hybridized carbons (Fsp3) is 0.154. The van der Waals surface area contributed by atoms with Crippen molar-refractivity contribution in [3.63, 3.8) is 0 Å². The number of benzene rings is 2. The van der Waals surface area contributed by atoms with Crippen LogP contribution in [-0.4, -0.2) is 33.2 Å². The summed E-state index contributed by atoms with van der Waals surface area (Å²) in [6.45, 7) is 1.80. The van der Waals surface area contributed by atoms with Gasteiger partial charge in [0.1, 0.15) is 12.0 Å². The maximum atomic E-state index is 13.2. The molecule has 0 saturated carbocycles. The van der Waals surface area contributed by atoms with E-state index in [0.29, 0.717) is 5.56 Å². The molecule has 0 bridgehead atoms. The Morgan fingerprint density at radius 3 is 2.69 bits per heavy atom. The van der Waals surface area contributed by atoms with Crippen LogP contribution in [0, 0.1) is 11.3 Å². The van der Waals surface area contributed by atoms with Crippen molar-refractivity contribution in [3.05, 3.63) is 96.7 Å². The van der Waals surface area contributed by atoms with Gasteiger partial charge in [0.2, 0.25) is 10.0 Å². The first kappa shape index (κ1) is 23.4. The number of fused-ring (bicyclic) bond motifs is 1. The molecule has 2 aromatic carbocycles. The molecule has 0 fully saturated rings. The lowest BCUT2D eigenvalue weighted by Crippen LogP contribution is -2.27. The summed E-state index contributed by atoms with van der Waals surface area (Å²) in [4.78, 5) is 11.8. The quantitative estimate of drug-likeness (QED) is 0.328. The van der Waals surface area contributed by atoms with Crippen molar-refractivity contribution < 1.29 is 8.42 Å². The molecule has 5 aromatic rings. The first-order valence-corrected chi connectivity index (χ1v) is 12.8. The molecule has 5 rings (SSSR count). The first-order valence-electron chi connectivity index (χ1n) is 11.3. The molecular formula is C26H23N7O2S. The number of nitrogens with zero attached hydrogens (tertiary/aromatic N) is 5. The fourth-order valence-electron chi connectivity index (χ4n) is 4.18. The van der Waals surface area contributed by atoms with E-state index < -0.39 is 22.1 Å². The summed E-state index contributed by atoms with van der Waals surface area (Å²) in [5.41, 5.74) is 3.74. The summed E-state index contributed by atoms with van der Waals surface area (Å²) >= 11 is 0. The lowest BCUT2D eigenvalue weighted by molar-refractivity contribution is 0.530. The molecule has 2 atom stereocenters. The van der Waals surface area contributed by atoms with Gasteiger partial charge in [0.15, 0.2) is 0 Å². The molecule has 36 heavy (non-hydrogen) atoms. The van der Waals surface area contributed by atoms with E-state index in [0.717, 1.165) is 27.9 Å². The molecule has 180 valence electrons. The van der Waals surface area contributed by atoms with Gasteiger partial charge < -0.3 is 4.98 Å². The van der Waals surface area contributed by atoms with Gasteiger partial charge in [-0.3, -0.25) is 4.68 Å². The summed E-state index contributed by atoms with van der Waals surface area (Å²) in [5, 5.41) is 14.9. The number of hydrogen-bond donors (Lipinski definition) is 2. The second-order valence-corrected chi connectivity index (χ2v) is 10.1. The molecule has 0 aliphatic carbocycles. The van der Waals surface area contributed by atoms with E-state index in [1.165, 1.54) is 6.33 Å². The van der Waals surface area contributed by atoms with Gasteiger partial charge in [-0.25, -0.2) is 23.1 Å². The zero-order chi connectivity index (χ0) is 25.1. The van der Waals surface area contributed by atoms with Crippen molar-refractivity contribution in [2.24, 2.45) is 0 Å². The Balaban J connectivity index is 1.45. The highest BCUT2D eigenvalue weighted by atomic mass is 32.2. The summed E-state index contributed by atoms with van der Waals surface area (Å²) in [7, 11) is -3.80. The lowest BCUT2D eigenvalue weighted by atomic mass is 10.0. The molecule has 0 saturated heterocycles. The Hall–Kier alpha value is -4.33. The van der Waals surface area contributed by atoms with E-state index in [4.69, 9.17) is 0 Å². The number of nitriles is 1. The van der Waals surface area contributed by atoms with Crippen LogP contribution in [0.1, 0.15) is 36.6 Å². The highest BCUT2D eigenvalue weighted by molar-refractivity contribution is 7.89.